The van der Waals surface area contributed by atoms with Crippen molar-refractivity contribution in [2.75, 3.05) is 43.4 Å². The van der Waals surface area contributed by atoms with E-state index in [2.05, 4.69) is 55.7 Å². The maximum atomic E-state index is 15.3. The minimum atomic E-state index is -0.662. The van der Waals surface area contributed by atoms with Crippen molar-refractivity contribution in [1.29, 1.82) is 0 Å². The molecule has 8 nitrogen and oxygen atoms in total. The SMILES string of the molecule is CC/C(C)=C(/C=C(\NC)C1CC1)Nc1cc(N2CCNCC2)nc(Oc2cc(F)c3[nH]c(C)cc3c2F)n1. The number of aromatic amines is 1. The molecule has 4 N–H and O–H groups in total. The largest absolute Gasteiger partial charge is 0.421 e. The van der Waals surface area contributed by atoms with Gasteiger partial charge in [-0.3, -0.25) is 0 Å². The van der Waals surface area contributed by atoms with Crippen molar-refractivity contribution in [3.05, 3.63) is 58.6 Å². The smallest absolute Gasteiger partial charge is 0.326 e. The summed E-state index contributed by atoms with van der Waals surface area (Å²) in [6.07, 6.45) is 5.36. The average molecular weight is 524 g/mol. The van der Waals surface area contributed by atoms with Crippen LogP contribution in [0.3, 0.4) is 0 Å². The maximum Gasteiger partial charge on any atom is 0.326 e. The molecule has 0 radical (unpaired) electrons. The summed E-state index contributed by atoms with van der Waals surface area (Å²) < 4.78 is 35.9. The Morgan fingerprint density at radius 2 is 1.95 bits per heavy atom. The molecule has 1 saturated heterocycles. The van der Waals surface area contributed by atoms with Gasteiger partial charge in [0.05, 0.1) is 5.52 Å². The first-order chi connectivity index (χ1) is 18.4. The Kier molecular flexibility index (Phi) is 7.51. The van der Waals surface area contributed by atoms with Crippen molar-refractivity contribution < 1.29 is 13.5 Å². The van der Waals surface area contributed by atoms with Gasteiger partial charge in [-0.05, 0) is 56.7 Å². The molecule has 2 fully saturated rings. The van der Waals surface area contributed by atoms with Crippen LogP contribution in [0.1, 0.15) is 38.8 Å². The van der Waals surface area contributed by atoms with Crippen LogP contribution >= 0.6 is 0 Å². The third-order valence-electron chi connectivity index (χ3n) is 7.09. The Hall–Kier alpha value is -3.66. The summed E-state index contributed by atoms with van der Waals surface area (Å²) in [6.45, 7) is 9.10. The van der Waals surface area contributed by atoms with E-state index in [1.165, 1.54) is 24.1 Å². The molecular weight excluding hydrogens is 488 g/mol. The molecule has 1 aliphatic heterocycles. The number of hydrogen-bond acceptors (Lipinski definition) is 7. The van der Waals surface area contributed by atoms with Crippen molar-refractivity contribution in [3.8, 4) is 11.8 Å². The van der Waals surface area contributed by atoms with Gasteiger partial charge in [-0.15, -0.1) is 0 Å². The van der Waals surface area contributed by atoms with Crippen LogP contribution in [0.25, 0.3) is 10.9 Å². The van der Waals surface area contributed by atoms with Gasteiger partial charge in [0.15, 0.2) is 17.4 Å². The van der Waals surface area contributed by atoms with Gasteiger partial charge in [0.25, 0.3) is 0 Å². The van der Waals surface area contributed by atoms with Gasteiger partial charge in [0.2, 0.25) is 0 Å². The van der Waals surface area contributed by atoms with E-state index in [0.717, 1.165) is 44.4 Å². The van der Waals surface area contributed by atoms with Gasteiger partial charge in [0.1, 0.15) is 11.6 Å². The number of fused-ring (bicyclic) bond motifs is 1. The molecule has 1 saturated carbocycles. The summed E-state index contributed by atoms with van der Waals surface area (Å²) in [5.41, 5.74) is 4.06. The summed E-state index contributed by atoms with van der Waals surface area (Å²) in [5, 5.41) is 10.3. The lowest BCUT2D eigenvalue weighted by Crippen LogP contribution is -2.43. The van der Waals surface area contributed by atoms with Crippen LogP contribution in [0.5, 0.6) is 11.8 Å². The van der Waals surface area contributed by atoms with E-state index < -0.39 is 11.6 Å². The second kappa shape index (κ2) is 11.0. The Labute approximate surface area is 221 Å². The first kappa shape index (κ1) is 26.0. The lowest BCUT2D eigenvalue weighted by atomic mass is 10.1. The van der Waals surface area contributed by atoms with Crippen LogP contribution in [0.2, 0.25) is 0 Å². The molecule has 3 aromatic rings. The highest BCUT2D eigenvalue weighted by molar-refractivity contribution is 5.83. The van der Waals surface area contributed by atoms with Crippen LogP contribution in [0, 0.1) is 24.5 Å². The molecule has 0 atom stereocenters. The minimum absolute atomic E-state index is 0.0537. The lowest BCUT2D eigenvalue weighted by molar-refractivity contribution is 0.410. The van der Waals surface area contributed by atoms with E-state index in [1.54, 1.807) is 13.0 Å². The van der Waals surface area contributed by atoms with E-state index in [1.807, 2.05) is 13.1 Å². The Balaban J connectivity index is 1.53. The predicted molar refractivity (Wildman–Crippen MR) is 147 cm³/mol. The zero-order valence-corrected chi connectivity index (χ0v) is 22.3. The topological polar surface area (TPSA) is 90.1 Å². The van der Waals surface area contributed by atoms with E-state index in [9.17, 15) is 4.39 Å². The molecule has 3 heterocycles. The fraction of sp³-hybridized carbons (Fsp3) is 0.429. The first-order valence-corrected chi connectivity index (χ1v) is 13.2. The molecule has 10 heteroatoms. The van der Waals surface area contributed by atoms with E-state index in [4.69, 9.17) is 4.74 Å². The molecule has 0 spiro atoms. The number of rotatable bonds is 9. The molecule has 5 rings (SSSR count). The molecule has 0 bridgehead atoms. The van der Waals surface area contributed by atoms with Gasteiger partial charge in [0, 0.05) is 67.8 Å². The number of allylic oxidation sites excluding steroid dienone is 3. The van der Waals surface area contributed by atoms with Gasteiger partial charge < -0.3 is 30.6 Å². The average Bonchev–Trinajstić information content (AvgIpc) is 3.69. The molecule has 0 amide bonds. The van der Waals surface area contributed by atoms with Crippen molar-refractivity contribution >= 4 is 22.5 Å². The molecule has 2 aromatic heterocycles. The number of hydrogen-bond donors (Lipinski definition) is 4. The summed E-state index contributed by atoms with van der Waals surface area (Å²) in [6, 6.07) is 4.41. The van der Waals surface area contributed by atoms with Gasteiger partial charge in [-0.25, -0.2) is 8.78 Å². The zero-order chi connectivity index (χ0) is 26.8. The Bertz CT molecular complexity index is 1390. The number of ether oxygens (including phenoxy) is 1. The van der Waals surface area contributed by atoms with Crippen molar-refractivity contribution in [3.63, 3.8) is 0 Å². The van der Waals surface area contributed by atoms with Crippen LogP contribution in [0.15, 0.2) is 41.2 Å². The molecule has 38 heavy (non-hydrogen) atoms. The maximum absolute atomic E-state index is 15.3. The normalized spacial score (nSPS) is 17.0. The van der Waals surface area contributed by atoms with E-state index in [0.29, 0.717) is 23.2 Å². The lowest BCUT2D eigenvalue weighted by Gasteiger charge is -2.28. The van der Waals surface area contributed by atoms with Crippen LogP contribution in [-0.4, -0.2) is 48.2 Å². The number of anilines is 2. The van der Waals surface area contributed by atoms with Gasteiger partial charge >= 0.3 is 6.01 Å². The second-order valence-electron chi connectivity index (χ2n) is 9.94. The zero-order valence-electron chi connectivity index (χ0n) is 22.3. The number of nitrogens with one attached hydrogen (secondary N) is 4. The van der Waals surface area contributed by atoms with Crippen molar-refractivity contribution in [1.82, 2.24) is 25.6 Å². The van der Waals surface area contributed by atoms with Crippen LogP contribution in [-0.2, 0) is 0 Å². The third kappa shape index (κ3) is 5.60. The molecule has 1 aliphatic carbocycles. The fourth-order valence-corrected chi connectivity index (χ4v) is 4.62. The highest BCUT2D eigenvalue weighted by Crippen LogP contribution is 2.36. The van der Waals surface area contributed by atoms with Gasteiger partial charge in [-0.1, -0.05) is 6.92 Å². The van der Waals surface area contributed by atoms with E-state index in [-0.39, 0.29) is 22.7 Å². The Morgan fingerprint density at radius 1 is 1.18 bits per heavy atom. The quantitative estimate of drug-likeness (QED) is 0.281. The van der Waals surface area contributed by atoms with Gasteiger partial charge in [-0.2, -0.15) is 9.97 Å². The van der Waals surface area contributed by atoms with Crippen molar-refractivity contribution in [2.45, 2.75) is 40.0 Å². The predicted octanol–water partition coefficient (Wildman–Crippen LogP) is 5.36. The number of aryl methyl sites for hydroxylation is 1. The minimum Gasteiger partial charge on any atom is -0.421 e. The highest BCUT2D eigenvalue weighted by atomic mass is 19.1. The molecule has 202 valence electrons. The molecule has 2 aliphatic rings. The van der Waals surface area contributed by atoms with E-state index >= 15 is 4.39 Å². The van der Waals surface area contributed by atoms with Crippen LogP contribution < -0.4 is 25.6 Å². The first-order valence-electron chi connectivity index (χ1n) is 13.2. The highest BCUT2D eigenvalue weighted by Gasteiger charge is 2.26. The number of piperazine rings is 1. The summed E-state index contributed by atoms with van der Waals surface area (Å²) in [4.78, 5) is 14.1. The molecular formula is C28H35F2N7O. The number of aromatic nitrogens is 3. The summed E-state index contributed by atoms with van der Waals surface area (Å²) in [5.74, 6) is 0.204. The van der Waals surface area contributed by atoms with Crippen LogP contribution in [0.4, 0.5) is 20.4 Å². The standard InChI is InChI=1S/C28H35F2N7O/c1-5-16(2)21(14-22(31-4)18-6-7-18)34-24-15-25(37-10-8-32-9-11-37)36-28(35-24)38-23-13-20(29)27-19(26(23)30)12-17(3)33-27/h12-15,18,31-33H,5-11H2,1-4H3,(H,34,35,36)/b21-16-,22-14-. The molecule has 1 aromatic carbocycles. The summed E-state index contributed by atoms with van der Waals surface area (Å²) >= 11 is 0. The fourth-order valence-electron chi connectivity index (χ4n) is 4.62. The number of H-pyrrole nitrogens is 1. The summed E-state index contributed by atoms with van der Waals surface area (Å²) in [7, 11) is 1.94. The third-order valence-corrected chi connectivity index (χ3v) is 7.09. The van der Waals surface area contributed by atoms with Crippen molar-refractivity contribution in [2.24, 2.45) is 5.92 Å². The Morgan fingerprint density at radius 3 is 2.63 bits per heavy atom. The number of benzene rings is 1. The number of nitrogens with zero attached hydrogens (tertiary/aromatic N) is 3. The second-order valence-corrected chi connectivity index (χ2v) is 9.94. The monoisotopic (exact) mass is 523 g/mol. The molecule has 0 unspecified atom stereocenters. The number of halogens is 2.